The third kappa shape index (κ3) is 3.79. The first-order valence-corrected chi connectivity index (χ1v) is 9.88. The highest BCUT2D eigenvalue weighted by molar-refractivity contribution is 5.95. The second kappa shape index (κ2) is 8.36. The number of carbonyl (C=O) groups excluding carboxylic acids is 2. The van der Waals surface area contributed by atoms with Crippen molar-refractivity contribution in [1.29, 1.82) is 0 Å². The number of carbonyl (C=O) groups is 2. The van der Waals surface area contributed by atoms with Crippen LogP contribution in [0.25, 0.3) is 0 Å². The number of benzene rings is 1. The summed E-state index contributed by atoms with van der Waals surface area (Å²) in [7, 11) is 1.65. The number of hydrogen-bond donors (Lipinski definition) is 0. The highest BCUT2D eigenvalue weighted by atomic mass is 16.7. The Balaban J connectivity index is 1.36. The van der Waals surface area contributed by atoms with Crippen molar-refractivity contribution >= 4 is 11.8 Å². The van der Waals surface area contributed by atoms with E-state index in [1.165, 1.54) is 0 Å². The van der Waals surface area contributed by atoms with Crippen molar-refractivity contribution in [2.75, 3.05) is 59.8 Å². The number of ether oxygens (including phenoxy) is 3. The van der Waals surface area contributed by atoms with E-state index in [4.69, 9.17) is 14.2 Å². The summed E-state index contributed by atoms with van der Waals surface area (Å²) in [4.78, 5) is 31.6. The molecule has 0 aliphatic carbocycles. The van der Waals surface area contributed by atoms with Crippen LogP contribution in [0.2, 0.25) is 0 Å². The Morgan fingerprint density at radius 2 is 2.00 bits per heavy atom. The van der Waals surface area contributed by atoms with Crippen LogP contribution < -0.4 is 9.47 Å². The third-order valence-electron chi connectivity index (χ3n) is 5.71. The lowest BCUT2D eigenvalue weighted by Crippen LogP contribution is -2.44. The number of nitrogens with zero attached hydrogens (tertiary/aromatic N) is 3. The standard InChI is InChI=1S/C20H27N3O5/c1-26-12-11-23-8-5-16(20(23)25)21-6-2-7-22(10-9-21)19(24)15-3-4-17-18(13-15)28-14-27-17/h3-4,13,16H,2,5-12,14H2,1H3/t16-/m0/s1. The van der Waals surface area contributed by atoms with Gasteiger partial charge in [0, 0.05) is 51.9 Å². The molecule has 0 unspecified atom stereocenters. The van der Waals surface area contributed by atoms with Gasteiger partial charge in [-0.1, -0.05) is 0 Å². The van der Waals surface area contributed by atoms with Gasteiger partial charge in [-0.15, -0.1) is 0 Å². The Hall–Kier alpha value is -2.32. The highest BCUT2D eigenvalue weighted by Crippen LogP contribution is 2.33. The molecular formula is C20H27N3O5. The van der Waals surface area contributed by atoms with Crippen molar-refractivity contribution in [3.63, 3.8) is 0 Å². The molecule has 1 aromatic carbocycles. The second-order valence-electron chi connectivity index (χ2n) is 7.37. The normalized spacial score (nSPS) is 22.6. The first-order chi connectivity index (χ1) is 13.7. The molecular weight excluding hydrogens is 362 g/mol. The lowest BCUT2D eigenvalue weighted by Gasteiger charge is -2.26. The average Bonchev–Trinajstić information content (AvgIpc) is 3.24. The molecule has 8 nitrogen and oxygen atoms in total. The molecule has 3 heterocycles. The van der Waals surface area contributed by atoms with Gasteiger partial charge in [-0.25, -0.2) is 0 Å². The van der Waals surface area contributed by atoms with Gasteiger partial charge >= 0.3 is 0 Å². The average molecular weight is 389 g/mol. The van der Waals surface area contributed by atoms with E-state index in [0.29, 0.717) is 49.8 Å². The molecule has 8 heteroatoms. The molecule has 3 aliphatic rings. The van der Waals surface area contributed by atoms with Crippen molar-refractivity contribution in [1.82, 2.24) is 14.7 Å². The summed E-state index contributed by atoms with van der Waals surface area (Å²) >= 11 is 0. The molecule has 0 N–H and O–H groups in total. The first kappa shape index (κ1) is 19.0. The van der Waals surface area contributed by atoms with Crippen molar-refractivity contribution in [2.24, 2.45) is 0 Å². The predicted octanol–water partition coefficient (Wildman–Crippen LogP) is 0.811. The quantitative estimate of drug-likeness (QED) is 0.742. The lowest BCUT2D eigenvalue weighted by molar-refractivity contribution is -0.132. The van der Waals surface area contributed by atoms with Gasteiger partial charge < -0.3 is 24.0 Å². The Kier molecular flexibility index (Phi) is 5.68. The maximum Gasteiger partial charge on any atom is 0.254 e. The minimum absolute atomic E-state index is 0.000352. The molecule has 1 aromatic rings. The lowest BCUT2D eigenvalue weighted by atomic mass is 10.1. The minimum Gasteiger partial charge on any atom is -0.454 e. The van der Waals surface area contributed by atoms with E-state index >= 15 is 0 Å². The molecule has 0 spiro atoms. The molecule has 2 fully saturated rings. The molecule has 0 aromatic heterocycles. The highest BCUT2D eigenvalue weighted by Gasteiger charge is 2.36. The van der Waals surface area contributed by atoms with Crippen LogP contribution in [0.4, 0.5) is 0 Å². The van der Waals surface area contributed by atoms with Gasteiger partial charge in [-0.05, 0) is 31.0 Å². The molecule has 2 saturated heterocycles. The maximum atomic E-state index is 12.9. The number of amides is 2. The zero-order valence-corrected chi connectivity index (χ0v) is 16.3. The van der Waals surface area contributed by atoms with Crippen LogP contribution in [0.1, 0.15) is 23.2 Å². The van der Waals surface area contributed by atoms with Crippen molar-refractivity contribution in [3.8, 4) is 11.5 Å². The van der Waals surface area contributed by atoms with E-state index in [-0.39, 0.29) is 24.6 Å². The molecule has 0 bridgehead atoms. The fourth-order valence-electron chi connectivity index (χ4n) is 4.15. The topological polar surface area (TPSA) is 71.6 Å². The van der Waals surface area contributed by atoms with E-state index in [9.17, 15) is 9.59 Å². The van der Waals surface area contributed by atoms with Crippen LogP contribution in [0.3, 0.4) is 0 Å². The zero-order chi connectivity index (χ0) is 19.5. The number of likely N-dealkylation sites (tertiary alicyclic amines) is 1. The molecule has 2 amide bonds. The Labute approximate surface area is 164 Å². The van der Waals surface area contributed by atoms with Gasteiger partial charge in [-0.3, -0.25) is 14.5 Å². The van der Waals surface area contributed by atoms with E-state index in [1.54, 1.807) is 25.3 Å². The molecule has 0 saturated carbocycles. The van der Waals surface area contributed by atoms with Gasteiger partial charge in [0.1, 0.15) is 0 Å². The van der Waals surface area contributed by atoms with E-state index in [2.05, 4.69) is 4.90 Å². The van der Waals surface area contributed by atoms with Crippen LogP contribution in [0, 0.1) is 0 Å². The summed E-state index contributed by atoms with van der Waals surface area (Å²) in [6, 6.07) is 5.25. The van der Waals surface area contributed by atoms with Gasteiger partial charge in [0.2, 0.25) is 12.7 Å². The Bertz CT molecular complexity index is 741. The largest absolute Gasteiger partial charge is 0.454 e. The van der Waals surface area contributed by atoms with Crippen LogP contribution in [-0.2, 0) is 9.53 Å². The number of fused-ring (bicyclic) bond motifs is 1. The van der Waals surface area contributed by atoms with Crippen molar-refractivity contribution < 1.29 is 23.8 Å². The van der Waals surface area contributed by atoms with E-state index < -0.39 is 0 Å². The summed E-state index contributed by atoms with van der Waals surface area (Å²) in [5.74, 6) is 1.48. The van der Waals surface area contributed by atoms with Crippen molar-refractivity contribution in [3.05, 3.63) is 23.8 Å². The van der Waals surface area contributed by atoms with Gasteiger partial charge in [0.25, 0.3) is 5.91 Å². The van der Waals surface area contributed by atoms with Gasteiger partial charge in [0.15, 0.2) is 11.5 Å². The minimum atomic E-state index is -0.0718. The van der Waals surface area contributed by atoms with Crippen molar-refractivity contribution in [2.45, 2.75) is 18.9 Å². The number of hydrogen-bond acceptors (Lipinski definition) is 6. The second-order valence-corrected chi connectivity index (χ2v) is 7.37. The Morgan fingerprint density at radius 3 is 2.86 bits per heavy atom. The summed E-state index contributed by atoms with van der Waals surface area (Å²) in [5.41, 5.74) is 0.611. The number of rotatable bonds is 5. The summed E-state index contributed by atoms with van der Waals surface area (Å²) in [6.07, 6.45) is 1.71. The summed E-state index contributed by atoms with van der Waals surface area (Å²) < 4.78 is 15.8. The SMILES string of the molecule is COCCN1CC[C@H](N2CCCN(C(=O)c3ccc4c(c3)OCO4)CC2)C1=O. The first-order valence-electron chi connectivity index (χ1n) is 9.88. The molecule has 28 heavy (non-hydrogen) atoms. The van der Waals surface area contributed by atoms with Crippen LogP contribution in [0.5, 0.6) is 11.5 Å². The number of methoxy groups -OCH3 is 1. The van der Waals surface area contributed by atoms with Gasteiger partial charge in [0.05, 0.1) is 12.6 Å². The molecule has 1 atom stereocenters. The fraction of sp³-hybridized carbons (Fsp3) is 0.600. The molecule has 3 aliphatic heterocycles. The predicted molar refractivity (Wildman–Crippen MR) is 102 cm³/mol. The molecule has 4 rings (SSSR count). The van der Waals surface area contributed by atoms with Crippen LogP contribution in [-0.4, -0.2) is 92.3 Å². The monoisotopic (exact) mass is 389 g/mol. The fourth-order valence-corrected chi connectivity index (χ4v) is 4.15. The van der Waals surface area contributed by atoms with E-state index in [1.807, 2.05) is 9.80 Å². The smallest absolute Gasteiger partial charge is 0.254 e. The Morgan fingerprint density at radius 1 is 1.14 bits per heavy atom. The van der Waals surface area contributed by atoms with Crippen LogP contribution in [0.15, 0.2) is 18.2 Å². The summed E-state index contributed by atoms with van der Waals surface area (Å²) in [5, 5.41) is 0. The summed E-state index contributed by atoms with van der Waals surface area (Å²) in [6.45, 7) is 5.05. The zero-order valence-electron chi connectivity index (χ0n) is 16.3. The third-order valence-corrected chi connectivity index (χ3v) is 5.71. The van der Waals surface area contributed by atoms with Gasteiger partial charge in [-0.2, -0.15) is 0 Å². The maximum absolute atomic E-state index is 12.9. The van der Waals surface area contributed by atoms with E-state index in [0.717, 1.165) is 25.9 Å². The molecule has 152 valence electrons. The van der Waals surface area contributed by atoms with Crippen LogP contribution >= 0.6 is 0 Å². The molecule has 0 radical (unpaired) electrons.